The Morgan fingerprint density at radius 1 is 1.33 bits per heavy atom. The third-order valence-corrected chi connectivity index (χ3v) is 4.46. The number of anilines is 1. The maximum absolute atomic E-state index is 11.6. The highest BCUT2D eigenvalue weighted by Crippen LogP contribution is 2.31. The Kier molecular flexibility index (Phi) is 5.96. The molecule has 3 rings (SSSR count). The van der Waals surface area contributed by atoms with Crippen LogP contribution < -0.4 is 5.73 Å². The molecule has 0 amide bonds. The van der Waals surface area contributed by atoms with Crippen molar-refractivity contribution < 1.29 is 20.8 Å². The number of aromatic nitrogens is 3. The maximum Gasteiger partial charge on any atom is 0.330 e. The third kappa shape index (κ3) is 4.77. The Balaban J connectivity index is 2.20. The summed E-state index contributed by atoms with van der Waals surface area (Å²) in [6, 6.07) is 5.60. The molecule has 0 unspecified atom stereocenters. The van der Waals surface area contributed by atoms with Crippen molar-refractivity contribution in [3.63, 3.8) is 0 Å². The van der Waals surface area contributed by atoms with E-state index in [9.17, 15) is 9.90 Å². The first-order valence-electron chi connectivity index (χ1n) is 10.4. The Morgan fingerprint density at radius 2 is 2.13 bits per heavy atom. The number of hydrogen-bond donors (Lipinski definition) is 2. The van der Waals surface area contributed by atoms with Gasteiger partial charge in [0, 0.05) is 18.1 Å². The molecule has 30 heavy (non-hydrogen) atoms. The molecule has 0 aliphatic carbocycles. The van der Waals surface area contributed by atoms with E-state index < -0.39 is 11.6 Å². The molecular weight excluding hydrogens is 384 g/mol. The van der Waals surface area contributed by atoms with Crippen molar-refractivity contribution in [1.29, 1.82) is 0 Å². The minimum Gasteiger partial charge on any atom is -0.463 e. The summed E-state index contributed by atoms with van der Waals surface area (Å²) in [4.78, 5) is 20.8. The molecule has 0 saturated heterocycles. The molecule has 2 aromatic heterocycles. The number of esters is 1. The molecule has 3 N–H and O–H groups in total. The lowest BCUT2D eigenvalue weighted by molar-refractivity contribution is -0.137. The number of nitrogens with zero attached hydrogens (tertiary/aromatic N) is 3. The number of nitrogen functional groups attached to an aromatic ring is 1. The SMILES string of the molecule is [3H]Nc1nc2cc(/C=C/C(=O)OCC)ccc2c2c1nc(COCC)n2CC(C)(C)O. The van der Waals surface area contributed by atoms with Crippen LogP contribution in [0, 0.1) is 0 Å². The summed E-state index contributed by atoms with van der Waals surface area (Å²) in [6.07, 6.45) is 3.03. The lowest BCUT2D eigenvalue weighted by atomic mass is 10.1. The molecule has 0 atom stereocenters. The fraction of sp³-hybridized carbons (Fsp3) is 0.409. The summed E-state index contributed by atoms with van der Waals surface area (Å²) < 4.78 is 20.1. The van der Waals surface area contributed by atoms with E-state index in [1.54, 1.807) is 26.8 Å². The molecule has 0 bridgehead atoms. The van der Waals surface area contributed by atoms with Crippen LogP contribution in [0.5, 0.6) is 0 Å². The van der Waals surface area contributed by atoms with Gasteiger partial charge in [0.25, 0.3) is 0 Å². The minimum absolute atomic E-state index is 0.278. The molecule has 8 heteroatoms. The number of rotatable bonds is 9. The van der Waals surface area contributed by atoms with Gasteiger partial charge in [-0.1, -0.05) is 12.1 Å². The van der Waals surface area contributed by atoms with Gasteiger partial charge in [0.05, 0.1) is 29.8 Å². The Morgan fingerprint density at radius 3 is 2.80 bits per heavy atom. The van der Waals surface area contributed by atoms with Crippen molar-refractivity contribution in [2.45, 2.75) is 46.4 Å². The molecule has 0 fully saturated rings. The highest BCUT2D eigenvalue weighted by atomic mass is 16.5. The second kappa shape index (κ2) is 8.81. The van der Waals surface area contributed by atoms with Crippen LogP contribution in [0.2, 0.25) is 1.41 Å². The fourth-order valence-corrected chi connectivity index (χ4v) is 3.27. The lowest BCUT2D eigenvalue weighted by Crippen LogP contribution is -2.27. The van der Waals surface area contributed by atoms with E-state index in [0.717, 1.165) is 16.5 Å². The predicted octanol–water partition coefficient (Wildman–Crippen LogP) is 3.05. The second-order valence-corrected chi connectivity index (χ2v) is 7.58. The van der Waals surface area contributed by atoms with E-state index in [2.05, 4.69) is 15.7 Å². The summed E-state index contributed by atoms with van der Waals surface area (Å²) in [5, 5.41) is 11.3. The van der Waals surface area contributed by atoms with E-state index in [1.165, 1.54) is 6.08 Å². The van der Waals surface area contributed by atoms with Gasteiger partial charge in [0.15, 0.2) is 7.23 Å². The Bertz CT molecular complexity index is 1120. The van der Waals surface area contributed by atoms with Crippen molar-refractivity contribution in [2.75, 3.05) is 18.9 Å². The van der Waals surface area contributed by atoms with Crippen LogP contribution in [-0.2, 0) is 27.4 Å². The average Bonchev–Trinajstić information content (AvgIpc) is 3.06. The zero-order valence-electron chi connectivity index (χ0n) is 18.7. The fourth-order valence-electron chi connectivity index (χ4n) is 3.27. The molecule has 0 saturated carbocycles. The van der Waals surface area contributed by atoms with E-state index in [0.29, 0.717) is 42.4 Å². The third-order valence-electron chi connectivity index (χ3n) is 4.46. The summed E-state index contributed by atoms with van der Waals surface area (Å²) >= 11 is 0. The predicted molar refractivity (Wildman–Crippen MR) is 117 cm³/mol. The van der Waals surface area contributed by atoms with Gasteiger partial charge in [0.2, 0.25) is 0 Å². The molecule has 0 radical (unpaired) electrons. The van der Waals surface area contributed by atoms with Crippen molar-refractivity contribution in [3.05, 3.63) is 35.7 Å². The molecule has 2 heterocycles. The van der Waals surface area contributed by atoms with E-state index in [-0.39, 0.29) is 6.61 Å². The van der Waals surface area contributed by atoms with Crippen LogP contribution in [0.4, 0.5) is 5.82 Å². The number of pyridine rings is 1. The largest absolute Gasteiger partial charge is 0.463 e. The topological polar surface area (TPSA) is 112 Å². The number of carbonyl (C=O) groups is 1. The van der Waals surface area contributed by atoms with Crippen LogP contribution >= 0.6 is 0 Å². The van der Waals surface area contributed by atoms with Gasteiger partial charge < -0.3 is 24.9 Å². The van der Waals surface area contributed by atoms with E-state index >= 15 is 0 Å². The molecule has 8 nitrogen and oxygen atoms in total. The second-order valence-electron chi connectivity index (χ2n) is 7.58. The summed E-state index contributed by atoms with van der Waals surface area (Å²) in [7, 11) is 0. The molecule has 3 aromatic rings. The maximum atomic E-state index is 11.6. The normalized spacial score (nSPS) is 12.6. The van der Waals surface area contributed by atoms with Crippen LogP contribution in [0.15, 0.2) is 24.3 Å². The standard InChI is InChI=1S/C22H28N4O4/c1-5-29-12-17-25-19-20(26(17)13-22(3,4)28)15-9-7-14(8-10-18(27)30-6-2)11-16(15)24-21(19)23/h7-11,28H,5-6,12-13H2,1-4H3,(H2,23,24)/b10-8+/i/hT. The molecule has 0 aliphatic heterocycles. The Hall–Kier alpha value is -2.97. The first-order chi connectivity index (χ1) is 14.8. The van der Waals surface area contributed by atoms with E-state index in [1.807, 2.05) is 29.7 Å². The van der Waals surface area contributed by atoms with Gasteiger partial charge in [-0.2, -0.15) is 0 Å². The van der Waals surface area contributed by atoms with Crippen LogP contribution in [0.3, 0.4) is 0 Å². The average molecular weight is 414 g/mol. The number of benzene rings is 1. The first-order valence-corrected chi connectivity index (χ1v) is 9.93. The van der Waals surface area contributed by atoms with Gasteiger partial charge in [-0.15, -0.1) is 0 Å². The highest BCUT2D eigenvalue weighted by Gasteiger charge is 2.22. The summed E-state index contributed by atoms with van der Waals surface area (Å²) in [6.45, 7) is 8.54. The number of fused-ring (bicyclic) bond motifs is 3. The zero-order valence-corrected chi connectivity index (χ0v) is 17.7. The number of hydrogen-bond acceptors (Lipinski definition) is 7. The van der Waals surface area contributed by atoms with Crippen LogP contribution in [0.25, 0.3) is 28.0 Å². The van der Waals surface area contributed by atoms with Crippen molar-refractivity contribution in [2.24, 2.45) is 0 Å². The van der Waals surface area contributed by atoms with Crippen molar-refractivity contribution in [1.82, 2.24) is 14.5 Å². The number of nitrogens with two attached hydrogens (primary N) is 1. The lowest BCUT2D eigenvalue weighted by Gasteiger charge is -2.20. The molecular formula is C22H28N4O4. The van der Waals surface area contributed by atoms with E-state index in [4.69, 9.17) is 10.9 Å². The van der Waals surface area contributed by atoms with Gasteiger partial charge in [0.1, 0.15) is 17.9 Å². The molecule has 0 spiro atoms. The first kappa shape index (κ1) is 20.3. The molecule has 0 aliphatic rings. The minimum atomic E-state index is -0.985. The zero-order chi connectivity index (χ0) is 22.6. The van der Waals surface area contributed by atoms with Gasteiger partial charge in [-0.3, -0.25) is 0 Å². The Labute approximate surface area is 176 Å². The quantitative estimate of drug-likeness (QED) is 0.409. The molecule has 1 aromatic carbocycles. The van der Waals surface area contributed by atoms with Crippen LogP contribution in [0.1, 0.15) is 39.1 Å². The number of ether oxygens (including phenoxy) is 2. The van der Waals surface area contributed by atoms with Gasteiger partial charge in [-0.05, 0) is 45.4 Å². The summed E-state index contributed by atoms with van der Waals surface area (Å²) in [5.41, 5.74) is 4.09. The smallest absolute Gasteiger partial charge is 0.330 e. The highest BCUT2D eigenvalue weighted by molar-refractivity contribution is 6.07. The molecule has 160 valence electrons. The van der Waals surface area contributed by atoms with Crippen molar-refractivity contribution in [3.8, 4) is 0 Å². The van der Waals surface area contributed by atoms with Gasteiger partial charge >= 0.3 is 5.97 Å². The van der Waals surface area contributed by atoms with Gasteiger partial charge in [-0.25, -0.2) is 14.8 Å². The van der Waals surface area contributed by atoms with Crippen molar-refractivity contribution >= 4 is 39.8 Å². The van der Waals surface area contributed by atoms with Crippen LogP contribution in [-0.4, -0.2) is 44.4 Å². The summed E-state index contributed by atoms with van der Waals surface area (Å²) in [5.74, 6) is 0.542. The number of imidazole rings is 1. The monoisotopic (exact) mass is 414 g/mol. The number of aliphatic hydroxyl groups is 1. The number of carbonyl (C=O) groups excluding carboxylic acids is 1.